The van der Waals surface area contributed by atoms with Crippen molar-refractivity contribution in [2.24, 2.45) is 0 Å². The molecule has 18 heavy (non-hydrogen) atoms. The van der Waals surface area contributed by atoms with Gasteiger partial charge in [-0.15, -0.1) is 0 Å². The van der Waals surface area contributed by atoms with Crippen molar-refractivity contribution < 1.29 is 9.00 Å². The lowest BCUT2D eigenvalue weighted by Crippen LogP contribution is -2.25. The van der Waals surface area contributed by atoms with Gasteiger partial charge < -0.3 is 16.4 Å². The van der Waals surface area contributed by atoms with Crippen LogP contribution in [0.15, 0.2) is 18.2 Å². The molecule has 0 saturated heterocycles. The summed E-state index contributed by atoms with van der Waals surface area (Å²) < 4.78 is 11.2. The molecule has 100 valence electrons. The van der Waals surface area contributed by atoms with E-state index < -0.39 is 10.8 Å². The van der Waals surface area contributed by atoms with Gasteiger partial charge in [0.05, 0.1) is 5.56 Å². The topological polar surface area (TPSA) is 84.2 Å². The molecule has 2 atom stereocenters. The highest BCUT2D eigenvalue weighted by Crippen LogP contribution is 2.20. The van der Waals surface area contributed by atoms with E-state index in [1.54, 1.807) is 31.5 Å². The van der Waals surface area contributed by atoms with Crippen molar-refractivity contribution in [2.45, 2.75) is 13.0 Å². The summed E-state index contributed by atoms with van der Waals surface area (Å²) in [5.41, 5.74) is 7.48. The van der Waals surface area contributed by atoms with E-state index in [0.717, 1.165) is 0 Å². The second-order valence-corrected chi connectivity index (χ2v) is 5.65. The minimum Gasteiger partial charge on any atom is -0.399 e. The first-order valence-electron chi connectivity index (χ1n) is 5.62. The maximum Gasteiger partial charge on any atom is 0.253 e. The summed E-state index contributed by atoms with van der Waals surface area (Å²) in [5, 5.41) is 5.74. The van der Waals surface area contributed by atoms with Crippen LogP contribution in [0.4, 0.5) is 11.4 Å². The molecule has 5 nitrogen and oxygen atoms in total. The number of rotatable bonds is 5. The fraction of sp³-hybridized carbons (Fsp3) is 0.417. The van der Waals surface area contributed by atoms with Gasteiger partial charge >= 0.3 is 0 Å². The van der Waals surface area contributed by atoms with Crippen molar-refractivity contribution in [3.63, 3.8) is 0 Å². The Hall–Kier alpha value is -1.56. The van der Waals surface area contributed by atoms with Crippen LogP contribution in [-0.4, -0.2) is 35.2 Å². The van der Waals surface area contributed by atoms with Crippen LogP contribution >= 0.6 is 0 Å². The predicted octanol–water partition coefficient (Wildman–Crippen LogP) is 0.807. The van der Waals surface area contributed by atoms with Gasteiger partial charge in [0.25, 0.3) is 5.91 Å². The first-order valence-corrected chi connectivity index (χ1v) is 7.35. The number of amides is 1. The third-order valence-corrected chi connectivity index (χ3v) is 3.37. The van der Waals surface area contributed by atoms with E-state index in [9.17, 15) is 9.00 Å². The van der Waals surface area contributed by atoms with Crippen LogP contribution in [0.5, 0.6) is 0 Å². The molecule has 1 aromatic rings. The molecule has 0 fully saturated rings. The van der Waals surface area contributed by atoms with Gasteiger partial charge in [0, 0.05) is 47.3 Å². The van der Waals surface area contributed by atoms with E-state index in [4.69, 9.17) is 5.73 Å². The molecule has 0 saturated carbocycles. The minimum atomic E-state index is -0.888. The second-order valence-electron chi connectivity index (χ2n) is 4.17. The largest absolute Gasteiger partial charge is 0.399 e. The van der Waals surface area contributed by atoms with E-state index in [-0.39, 0.29) is 11.9 Å². The molecule has 0 bridgehead atoms. The smallest absolute Gasteiger partial charge is 0.253 e. The van der Waals surface area contributed by atoms with E-state index in [2.05, 4.69) is 10.6 Å². The highest BCUT2D eigenvalue weighted by molar-refractivity contribution is 7.84. The van der Waals surface area contributed by atoms with Gasteiger partial charge in [0.2, 0.25) is 0 Å². The number of hydrogen-bond donors (Lipinski definition) is 3. The van der Waals surface area contributed by atoms with Crippen molar-refractivity contribution >= 4 is 28.1 Å². The van der Waals surface area contributed by atoms with Crippen molar-refractivity contribution in [1.29, 1.82) is 0 Å². The molecule has 1 amide bonds. The molecule has 1 rings (SSSR count). The quantitative estimate of drug-likeness (QED) is 0.691. The van der Waals surface area contributed by atoms with E-state index >= 15 is 0 Å². The Kier molecular flexibility index (Phi) is 5.15. The Labute approximate surface area is 110 Å². The van der Waals surface area contributed by atoms with Crippen molar-refractivity contribution in [3.05, 3.63) is 23.8 Å². The van der Waals surface area contributed by atoms with Crippen LogP contribution in [-0.2, 0) is 10.8 Å². The number of carbonyl (C=O) groups excluding carboxylic acids is 1. The zero-order valence-electron chi connectivity index (χ0n) is 10.8. The van der Waals surface area contributed by atoms with Crippen LogP contribution in [0, 0.1) is 0 Å². The third kappa shape index (κ3) is 4.03. The Morgan fingerprint density at radius 3 is 2.72 bits per heavy atom. The molecular weight excluding hydrogens is 250 g/mol. The van der Waals surface area contributed by atoms with Crippen molar-refractivity contribution in [1.82, 2.24) is 5.32 Å². The monoisotopic (exact) mass is 269 g/mol. The molecule has 6 heteroatoms. The summed E-state index contributed by atoms with van der Waals surface area (Å²) in [6.07, 6.45) is 1.65. The molecule has 0 aliphatic heterocycles. The molecule has 0 aliphatic carbocycles. The Balaban J connectivity index is 2.95. The normalized spacial score (nSPS) is 13.7. The second kappa shape index (κ2) is 6.39. The molecule has 0 aromatic heterocycles. The molecule has 0 radical (unpaired) electrons. The highest BCUT2D eigenvalue weighted by Gasteiger charge is 2.12. The van der Waals surface area contributed by atoms with Crippen molar-refractivity contribution in [3.8, 4) is 0 Å². The summed E-state index contributed by atoms with van der Waals surface area (Å²) in [6, 6.07) is 5.06. The van der Waals surface area contributed by atoms with Crippen LogP contribution < -0.4 is 16.4 Å². The molecular formula is C12H19N3O2S. The number of nitrogen functional groups attached to an aromatic ring is 1. The predicted molar refractivity (Wildman–Crippen MR) is 76.3 cm³/mol. The maximum absolute atomic E-state index is 11.7. The average Bonchev–Trinajstić information content (AvgIpc) is 2.27. The maximum atomic E-state index is 11.7. The third-order valence-electron chi connectivity index (χ3n) is 2.40. The molecule has 0 spiro atoms. The van der Waals surface area contributed by atoms with Gasteiger partial charge in [-0.1, -0.05) is 0 Å². The standard InChI is InChI=1S/C12H19N3O2S/c1-8(7-18(3)17)15-11-6-9(13)4-5-10(11)12(16)14-2/h4-6,8,15H,7,13H2,1-3H3,(H,14,16). The first-order chi connectivity index (χ1) is 8.43. The van der Waals surface area contributed by atoms with Gasteiger partial charge in [-0.2, -0.15) is 0 Å². The minimum absolute atomic E-state index is 0.000962. The fourth-order valence-electron chi connectivity index (χ4n) is 1.67. The summed E-state index contributed by atoms with van der Waals surface area (Å²) in [5.74, 6) is 0.337. The Morgan fingerprint density at radius 2 is 2.17 bits per heavy atom. The van der Waals surface area contributed by atoms with E-state index in [1.807, 2.05) is 6.92 Å². The molecule has 4 N–H and O–H groups in total. The van der Waals surface area contributed by atoms with E-state index in [0.29, 0.717) is 22.7 Å². The molecule has 1 aromatic carbocycles. The van der Waals surface area contributed by atoms with Gasteiger partial charge in [0.1, 0.15) is 0 Å². The summed E-state index contributed by atoms with van der Waals surface area (Å²) in [6.45, 7) is 1.91. The number of carbonyl (C=O) groups is 1. The lowest BCUT2D eigenvalue weighted by molar-refractivity contribution is 0.0964. The Morgan fingerprint density at radius 1 is 1.50 bits per heavy atom. The highest BCUT2D eigenvalue weighted by atomic mass is 32.2. The molecule has 0 aliphatic rings. The summed E-state index contributed by atoms with van der Waals surface area (Å²) >= 11 is 0. The van der Waals surface area contributed by atoms with Crippen LogP contribution in [0.1, 0.15) is 17.3 Å². The van der Waals surface area contributed by atoms with Crippen molar-refractivity contribution in [2.75, 3.05) is 30.1 Å². The Bertz CT molecular complexity index is 463. The van der Waals surface area contributed by atoms with Gasteiger partial charge in [-0.25, -0.2) is 0 Å². The number of benzene rings is 1. The van der Waals surface area contributed by atoms with Gasteiger partial charge in [0.15, 0.2) is 0 Å². The lowest BCUT2D eigenvalue weighted by atomic mass is 10.1. The molecule has 2 unspecified atom stereocenters. The number of anilines is 2. The number of nitrogens with two attached hydrogens (primary N) is 1. The zero-order valence-corrected chi connectivity index (χ0v) is 11.6. The lowest BCUT2D eigenvalue weighted by Gasteiger charge is -2.17. The first kappa shape index (κ1) is 14.5. The summed E-state index contributed by atoms with van der Waals surface area (Å²) in [4.78, 5) is 11.7. The van der Waals surface area contributed by atoms with Crippen LogP contribution in [0.3, 0.4) is 0 Å². The summed E-state index contributed by atoms with van der Waals surface area (Å²) in [7, 11) is 0.688. The van der Waals surface area contributed by atoms with Gasteiger partial charge in [-0.3, -0.25) is 9.00 Å². The van der Waals surface area contributed by atoms with Crippen LogP contribution in [0.25, 0.3) is 0 Å². The van der Waals surface area contributed by atoms with E-state index in [1.165, 1.54) is 0 Å². The fourth-order valence-corrected chi connectivity index (χ4v) is 2.46. The number of nitrogens with one attached hydrogen (secondary N) is 2. The number of hydrogen-bond acceptors (Lipinski definition) is 4. The average molecular weight is 269 g/mol. The zero-order chi connectivity index (χ0) is 13.7. The molecule has 0 heterocycles. The SMILES string of the molecule is CNC(=O)c1ccc(N)cc1NC(C)CS(C)=O. The van der Waals surface area contributed by atoms with Gasteiger partial charge in [-0.05, 0) is 25.1 Å². The van der Waals surface area contributed by atoms with Crippen LogP contribution in [0.2, 0.25) is 0 Å².